The van der Waals surface area contributed by atoms with E-state index in [1.54, 1.807) is 12.1 Å². The molecule has 1 aliphatic heterocycles. The minimum Gasteiger partial charge on any atom is -0.472 e. The summed E-state index contributed by atoms with van der Waals surface area (Å²) >= 11 is 0. The summed E-state index contributed by atoms with van der Waals surface area (Å²) < 4.78 is 32.1. The van der Waals surface area contributed by atoms with Gasteiger partial charge in [0.05, 0.1) is 11.7 Å². The maximum atomic E-state index is 12.8. The third-order valence-electron chi connectivity index (χ3n) is 8.91. The minimum atomic E-state index is -3.88. The molecule has 4 aliphatic rings. The Morgan fingerprint density at radius 1 is 1.12 bits per heavy atom. The number of sulfonamides is 1. The predicted molar refractivity (Wildman–Crippen MR) is 122 cm³/mol. The van der Waals surface area contributed by atoms with Crippen molar-refractivity contribution in [3.63, 3.8) is 0 Å². The number of nitrogens with zero attached hydrogens (tertiary/aromatic N) is 1. The molecule has 0 bridgehead atoms. The fraction of sp³-hybridized carbons (Fsp3) is 0.500. The third kappa shape index (κ3) is 3.01. The molecule has 7 heteroatoms. The molecule has 33 heavy (non-hydrogen) atoms. The Morgan fingerprint density at radius 2 is 1.94 bits per heavy atom. The molecule has 0 radical (unpaired) electrons. The zero-order valence-electron chi connectivity index (χ0n) is 18.7. The number of aryl methyl sites for hydroxylation is 1. The fourth-order valence-corrected chi connectivity index (χ4v) is 8.54. The summed E-state index contributed by atoms with van der Waals surface area (Å²) in [6.45, 7) is 1.95. The summed E-state index contributed by atoms with van der Waals surface area (Å²) in [4.78, 5) is 12.7. The predicted octanol–water partition coefficient (Wildman–Crippen LogP) is 4.08. The second-order valence-corrected chi connectivity index (χ2v) is 12.2. The van der Waals surface area contributed by atoms with Gasteiger partial charge in [0.1, 0.15) is 10.6 Å². The van der Waals surface area contributed by atoms with Crippen LogP contribution >= 0.6 is 0 Å². The minimum absolute atomic E-state index is 0.0383. The van der Waals surface area contributed by atoms with Crippen molar-refractivity contribution in [2.75, 3.05) is 6.73 Å². The zero-order valence-corrected chi connectivity index (χ0v) is 19.6. The quantitative estimate of drug-likeness (QED) is 0.735. The van der Waals surface area contributed by atoms with Gasteiger partial charge >= 0.3 is 0 Å². The van der Waals surface area contributed by atoms with Crippen LogP contribution in [-0.4, -0.2) is 36.6 Å². The molecular formula is C26H29NO5S. The zero-order chi connectivity index (χ0) is 23.0. The number of carbonyl (C=O) groups is 1. The molecule has 6 rings (SSSR count). The van der Waals surface area contributed by atoms with Gasteiger partial charge in [0, 0.05) is 0 Å². The van der Waals surface area contributed by atoms with Crippen LogP contribution in [0.25, 0.3) is 0 Å². The van der Waals surface area contributed by atoms with E-state index in [1.807, 2.05) is 12.1 Å². The van der Waals surface area contributed by atoms with Crippen molar-refractivity contribution >= 4 is 15.9 Å². The smallest absolute Gasteiger partial charge is 0.271 e. The second-order valence-electron chi connectivity index (χ2n) is 10.3. The Kier molecular flexibility index (Phi) is 4.69. The molecule has 0 spiro atoms. The van der Waals surface area contributed by atoms with E-state index in [-0.39, 0.29) is 28.7 Å². The number of hydrogen-bond acceptors (Lipinski definition) is 5. The van der Waals surface area contributed by atoms with Crippen LogP contribution in [0.15, 0.2) is 47.4 Å². The molecule has 2 fully saturated rings. The van der Waals surface area contributed by atoms with Gasteiger partial charge in [-0.05, 0) is 97.1 Å². The van der Waals surface area contributed by atoms with Crippen LogP contribution in [0.1, 0.15) is 66.4 Å². The van der Waals surface area contributed by atoms with E-state index in [0.29, 0.717) is 23.5 Å². The lowest BCUT2D eigenvalue weighted by molar-refractivity contribution is -0.0226. The van der Waals surface area contributed by atoms with Crippen LogP contribution in [0, 0.1) is 17.3 Å². The molecule has 0 saturated heterocycles. The van der Waals surface area contributed by atoms with E-state index in [4.69, 9.17) is 4.74 Å². The Hall–Kier alpha value is -2.38. The maximum absolute atomic E-state index is 12.8. The van der Waals surface area contributed by atoms with Crippen LogP contribution in [0.2, 0.25) is 0 Å². The molecule has 174 valence electrons. The number of hydrogen-bond donors (Lipinski definition) is 1. The van der Waals surface area contributed by atoms with Gasteiger partial charge in [-0.3, -0.25) is 4.79 Å². The molecule has 6 nitrogen and oxygen atoms in total. The van der Waals surface area contributed by atoms with Gasteiger partial charge in [0.25, 0.3) is 15.9 Å². The van der Waals surface area contributed by atoms with Crippen molar-refractivity contribution in [3.8, 4) is 5.75 Å². The molecule has 1 heterocycles. The lowest BCUT2D eigenvalue weighted by Crippen LogP contribution is -2.43. The van der Waals surface area contributed by atoms with Crippen LogP contribution in [-0.2, 0) is 16.4 Å². The van der Waals surface area contributed by atoms with E-state index in [0.717, 1.165) is 42.8 Å². The van der Waals surface area contributed by atoms with E-state index in [9.17, 15) is 18.3 Å². The largest absolute Gasteiger partial charge is 0.472 e. The molecule has 2 saturated carbocycles. The van der Waals surface area contributed by atoms with Gasteiger partial charge in [0.2, 0.25) is 0 Å². The van der Waals surface area contributed by atoms with Gasteiger partial charge in [-0.2, -0.15) is 4.31 Å². The molecule has 3 unspecified atom stereocenters. The number of benzene rings is 2. The Bertz CT molecular complexity index is 1240. The van der Waals surface area contributed by atoms with E-state index in [1.165, 1.54) is 23.3 Å². The molecule has 0 aromatic heterocycles. The van der Waals surface area contributed by atoms with Crippen molar-refractivity contribution in [1.82, 2.24) is 4.31 Å². The van der Waals surface area contributed by atoms with E-state index >= 15 is 0 Å². The third-order valence-corrected chi connectivity index (χ3v) is 10.7. The second kappa shape index (κ2) is 7.31. The van der Waals surface area contributed by atoms with Crippen LogP contribution in [0.5, 0.6) is 5.75 Å². The van der Waals surface area contributed by atoms with Gasteiger partial charge < -0.3 is 9.84 Å². The first-order valence-corrected chi connectivity index (χ1v) is 13.3. The van der Waals surface area contributed by atoms with Crippen LogP contribution in [0.4, 0.5) is 0 Å². The molecule has 3 aliphatic carbocycles. The van der Waals surface area contributed by atoms with Crippen molar-refractivity contribution < 1.29 is 23.1 Å². The highest BCUT2D eigenvalue weighted by molar-refractivity contribution is 7.90. The van der Waals surface area contributed by atoms with Gasteiger partial charge in [-0.15, -0.1) is 0 Å². The average Bonchev–Trinajstić information content (AvgIpc) is 3.22. The summed E-state index contributed by atoms with van der Waals surface area (Å²) in [6, 6.07) is 12.3. The number of ether oxygens (including phenoxy) is 1. The first kappa shape index (κ1) is 21.2. The summed E-state index contributed by atoms with van der Waals surface area (Å²) in [6.07, 6.45) is 6.11. The number of aliphatic hydroxyl groups is 1. The monoisotopic (exact) mass is 467 g/mol. The summed E-state index contributed by atoms with van der Waals surface area (Å²) in [5, 5.41) is 10.6. The highest BCUT2D eigenvalue weighted by Crippen LogP contribution is 2.60. The topological polar surface area (TPSA) is 83.9 Å². The molecular weight excluding hydrogens is 438 g/mol. The average molecular weight is 468 g/mol. The van der Waals surface area contributed by atoms with E-state index in [2.05, 4.69) is 13.0 Å². The van der Waals surface area contributed by atoms with Crippen LogP contribution in [0.3, 0.4) is 0 Å². The summed E-state index contributed by atoms with van der Waals surface area (Å²) in [5.41, 5.74) is 2.89. The number of fused-ring (bicyclic) bond motifs is 6. The number of rotatable bonds is 3. The fourth-order valence-electron chi connectivity index (χ4n) is 7.11. The summed E-state index contributed by atoms with van der Waals surface area (Å²) in [5.74, 6) is 1.76. The van der Waals surface area contributed by atoms with Crippen LogP contribution < -0.4 is 4.74 Å². The number of carbonyl (C=O) groups excluding carboxylic acids is 1. The summed E-state index contributed by atoms with van der Waals surface area (Å²) in [7, 11) is -3.88. The lowest BCUT2D eigenvalue weighted by Gasteiger charge is -2.50. The van der Waals surface area contributed by atoms with Crippen molar-refractivity contribution in [1.29, 1.82) is 0 Å². The van der Waals surface area contributed by atoms with Gasteiger partial charge in [-0.25, -0.2) is 8.42 Å². The number of amides is 1. The van der Waals surface area contributed by atoms with Gasteiger partial charge in [-0.1, -0.05) is 25.1 Å². The standard InChI is InChI=1S/C26H29NO5S/c1-26-13-12-19-18-9-7-17(14-16(18)6-8-20(19)22(26)10-11-24(26)28)32-15-27-25(29)21-4-2-3-5-23(21)33(27,30)31/h2-5,7,9,14,19-20,22,24,28H,6,8,10-13,15H2,1H3/t19?,20?,22?,24-,26-/m0/s1. The van der Waals surface area contributed by atoms with E-state index < -0.39 is 15.9 Å². The van der Waals surface area contributed by atoms with Crippen molar-refractivity contribution in [3.05, 3.63) is 59.2 Å². The lowest BCUT2D eigenvalue weighted by atomic mass is 9.55. The van der Waals surface area contributed by atoms with Crippen molar-refractivity contribution in [2.24, 2.45) is 17.3 Å². The number of aliphatic hydroxyl groups excluding tert-OH is 1. The Balaban J connectivity index is 1.20. The van der Waals surface area contributed by atoms with Crippen molar-refractivity contribution in [2.45, 2.75) is 62.4 Å². The highest BCUT2D eigenvalue weighted by Gasteiger charge is 2.54. The SMILES string of the molecule is C[C@]12CCC3c4ccc(OCN5C(=O)c6ccccc6S5(=O)=O)cc4CCC3C1CC[C@@H]2O. The molecule has 2 aromatic rings. The highest BCUT2D eigenvalue weighted by atomic mass is 32.2. The molecule has 1 N–H and O–H groups in total. The maximum Gasteiger partial charge on any atom is 0.271 e. The Labute approximate surface area is 194 Å². The molecule has 5 atom stereocenters. The molecule has 1 amide bonds. The molecule has 2 aromatic carbocycles. The first-order chi connectivity index (χ1) is 15.8. The van der Waals surface area contributed by atoms with Gasteiger partial charge in [0.15, 0.2) is 6.73 Å². The normalized spacial score (nSPS) is 33.8. The first-order valence-electron chi connectivity index (χ1n) is 11.9. The Morgan fingerprint density at radius 3 is 2.76 bits per heavy atom.